The number of nitrogens with zero attached hydrogens (tertiary/aromatic N) is 2. The number of carbonyl (C=O) groups is 4. The largest absolute Gasteiger partial charge is 0.493 e. The monoisotopic (exact) mass is 585 g/mol. The molecule has 1 saturated heterocycles. The fraction of sp³-hybridized carbons (Fsp3) is 0.250. The van der Waals surface area contributed by atoms with Crippen molar-refractivity contribution in [1.82, 2.24) is 9.80 Å². The molecule has 2 heterocycles. The van der Waals surface area contributed by atoms with Crippen molar-refractivity contribution in [3.05, 3.63) is 93.4 Å². The van der Waals surface area contributed by atoms with Gasteiger partial charge in [-0.05, 0) is 90.2 Å². The number of imide groups is 1. The normalized spacial score (nSPS) is 15.5. The Morgan fingerprint density at radius 1 is 0.976 bits per heavy atom. The molecule has 0 aliphatic carbocycles. The van der Waals surface area contributed by atoms with Crippen LogP contribution < -0.4 is 14.8 Å². The van der Waals surface area contributed by atoms with Gasteiger partial charge in [-0.2, -0.15) is 0 Å². The van der Waals surface area contributed by atoms with Gasteiger partial charge >= 0.3 is 0 Å². The Labute approximate surface area is 248 Å². The molecule has 10 heteroatoms. The molecular weight excluding hydrogens is 554 g/mol. The molecule has 0 aromatic heterocycles. The van der Waals surface area contributed by atoms with Gasteiger partial charge in [0.1, 0.15) is 6.54 Å². The van der Waals surface area contributed by atoms with Gasteiger partial charge in [0.15, 0.2) is 18.1 Å². The van der Waals surface area contributed by atoms with Gasteiger partial charge in [-0.15, -0.1) is 0 Å². The third-order valence-electron chi connectivity index (χ3n) is 7.29. The predicted octanol–water partition coefficient (Wildman–Crippen LogP) is 4.95. The van der Waals surface area contributed by atoms with Gasteiger partial charge in [0, 0.05) is 18.8 Å². The van der Waals surface area contributed by atoms with Crippen molar-refractivity contribution in [2.24, 2.45) is 0 Å². The molecule has 0 saturated carbocycles. The van der Waals surface area contributed by atoms with E-state index in [2.05, 4.69) is 11.4 Å². The molecule has 0 bridgehead atoms. The van der Waals surface area contributed by atoms with Gasteiger partial charge in [0.25, 0.3) is 17.1 Å². The highest BCUT2D eigenvalue weighted by atomic mass is 32.2. The van der Waals surface area contributed by atoms with E-state index < -0.39 is 11.1 Å². The Balaban J connectivity index is 1.20. The number of aryl methyl sites for hydroxylation is 2. The minimum absolute atomic E-state index is 0.209. The summed E-state index contributed by atoms with van der Waals surface area (Å²) in [6.45, 7) is 4.46. The van der Waals surface area contributed by atoms with E-state index in [9.17, 15) is 19.2 Å². The van der Waals surface area contributed by atoms with E-state index in [1.807, 2.05) is 50.2 Å². The van der Waals surface area contributed by atoms with Crippen LogP contribution in [-0.2, 0) is 27.3 Å². The van der Waals surface area contributed by atoms with E-state index in [0.29, 0.717) is 35.8 Å². The maximum absolute atomic E-state index is 13.1. The second-order valence-electron chi connectivity index (χ2n) is 10.1. The molecule has 0 unspecified atom stereocenters. The number of ether oxygens (including phenoxy) is 2. The molecule has 3 aromatic rings. The number of anilines is 1. The van der Waals surface area contributed by atoms with Crippen LogP contribution >= 0.6 is 11.8 Å². The molecular formula is C32H31N3O6S. The highest BCUT2D eigenvalue weighted by molar-refractivity contribution is 8.18. The lowest BCUT2D eigenvalue weighted by Crippen LogP contribution is -2.44. The molecule has 1 N–H and O–H groups in total. The first kappa shape index (κ1) is 28.9. The van der Waals surface area contributed by atoms with Crippen LogP contribution in [-0.4, -0.2) is 59.6 Å². The van der Waals surface area contributed by atoms with Crippen molar-refractivity contribution < 1.29 is 28.7 Å². The average molecular weight is 586 g/mol. The van der Waals surface area contributed by atoms with Crippen molar-refractivity contribution in [2.75, 3.05) is 32.1 Å². The van der Waals surface area contributed by atoms with E-state index in [4.69, 9.17) is 9.47 Å². The van der Waals surface area contributed by atoms with Crippen LogP contribution in [0.3, 0.4) is 0 Å². The van der Waals surface area contributed by atoms with Crippen LogP contribution in [0, 0.1) is 13.8 Å². The molecule has 9 nitrogen and oxygen atoms in total. The molecule has 2 aliphatic heterocycles. The Morgan fingerprint density at radius 3 is 2.52 bits per heavy atom. The average Bonchev–Trinajstić information content (AvgIpc) is 3.25. The summed E-state index contributed by atoms with van der Waals surface area (Å²) in [5.41, 5.74) is 5.78. The zero-order valence-electron chi connectivity index (χ0n) is 23.6. The maximum Gasteiger partial charge on any atom is 0.294 e. The second-order valence-corrected chi connectivity index (χ2v) is 11.1. The van der Waals surface area contributed by atoms with E-state index >= 15 is 0 Å². The minimum Gasteiger partial charge on any atom is -0.493 e. The second kappa shape index (κ2) is 12.5. The summed E-state index contributed by atoms with van der Waals surface area (Å²) >= 11 is 0.791. The van der Waals surface area contributed by atoms with E-state index in [1.54, 1.807) is 29.2 Å². The Hall–Kier alpha value is -4.57. The highest BCUT2D eigenvalue weighted by Crippen LogP contribution is 2.35. The summed E-state index contributed by atoms with van der Waals surface area (Å²) in [5.74, 6) is -0.383. The van der Waals surface area contributed by atoms with Crippen LogP contribution in [0.4, 0.5) is 10.5 Å². The SMILES string of the molecule is COc1cc(/C=C2/SC(=O)N(CC(=O)N3CCc4ccccc4C3)C2=O)ccc1OCC(=O)Nc1ccc(C)c(C)c1. The third-order valence-corrected chi connectivity index (χ3v) is 8.19. The third kappa shape index (κ3) is 6.49. The fourth-order valence-corrected chi connectivity index (χ4v) is 5.62. The molecule has 1 fully saturated rings. The topological polar surface area (TPSA) is 105 Å². The van der Waals surface area contributed by atoms with Crippen molar-refractivity contribution in [3.63, 3.8) is 0 Å². The summed E-state index contributed by atoms with van der Waals surface area (Å²) in [6.07, 6.45) is 2.31. The zero-order chi connectivity index (χ0) is 29.8. The van der Waals surface area contributed by atoms with Crippen molar-refractivity contribution in [1.29, 1.82) is 0 Å². The molecule has 3 aromatic carbocycles. The number of amides is 4. The summed E-state index contributed by atoms with van der Waals surface area (Å²) < 4.78 is 11.1. The first-order valence-corrected chi connectivity index (χ1v) is 14.3. The number of methoxy groups -OCH3 is 1. The predicted molar refractivity (Wildman–Crippen MR) is 161 cm³/mol. The molecule has 0 atom stereocenters. The van der Waals surface area contributed by atoms with Gasteiger partial charge < -0.3 is 19.7 Å². The molecule has 0 radical (unpaired) electrons. The number of hydrogen-bond donors (Lipinski definition) is 1. The van der Waals surface area contributed by atoms with Crippen molar-refractivity contribution in [3.8, 4) is 11.5 Å². The lowest BCUT2D eigenvalue weighted by Gasteiger charge is -2.29. The number of hydrogen-bond acceptors (Lipinski definition) is 7. The van der Waals surface area contributed by atoms with E-state index in [0.717, 1.165) is 39.8 Å². The smallest absolute Gasteiger partial charge is 0.294 e. The van der Waals surface area contributed by atoms with Crippen LogP contribution in [0.25, 0.3) is 6.08 Å². The molecule has 42 heavy (non-hydrogen) atoms. The van der Waals surface area contributed by atoms with Crippen molar-refractivity contribution >= 4 is 46.5 Å². The number of rotatable bonds is 8. The Bertz CT molecular complexity index is 1600. The molecule has 0 spiro atoms. The standard InChI is InChI=1S/C32H31N3O6S/c1-20-8-10-25(14-21(20)2)33-29(36)19-41-26-11-9-22(15-27(26)40-3)16-28-31(38)35(32(39)42-28)18-30(37)34-13-12-23-6-4-5-7-24(23)17-34/h4-11,14-16H,12-13,17-19H2,1-3H3,(H,33,36)/b28-16+. The van der Waals surface area contributed by atoms with Gasteiger partial charge in [0.05, 0.1) is 12.0 Å². The fourth-order valence-electron chi connectivity index (χ4n) is 4.78. The summed E-state index contributed by atoms with van der Waals surface area (Å²) in [5, 5.41) is 2.32. The molecule has 216 valence electrons. The Morgan fingerprint density at radius 2 is 1.76 bits per heavy atom. The van der Waals surface area contributed by atoms with Gasteiger partial charge in [-0.1, -0.05) is 36.4 Å². The van der Waals surface area contributed by atoms with Gasteiger partial charge in [-0.25, -0.2) is 0 Å². The number of benzene rings is 3. The number of fused-ring (bicyclic) bond motifs is 1. The maximum atomic E-state index is 13.1. The number of carbonyl (C=O) groups excluding carboxylic acids is 4. The molecule has 5 rings (SSSR count). The first-order valence-electron chi connectivity index (χ1n) is 13.5. The van der Waals surface area contributed by atoms with Gasteiger partial charge in [0.2, 0.25) is 5.91 Å². The van der Waals surface area contributed by atoms with Crippen LogP contribution in [0.2, 0.25) is 0 Å². The van der Waals surface area contributed by atoms with Gasteiger partial charge in [-0.3, -0.25) is 24.1 Å². The number of thioether (sulfide) groups is 1. The number of nitrogens with one attached hydrogen (secondary N) is 1. The summed E-state index contributed by atoms with van der Waals surface area (Å²) in [4.78, 5) is 54.0. The van der Waals surface area contributed by atoms with Crippen LogP contribution in [0.5, 0.6) is 11.5 Å². The molecule has 2 aliphatic rings. The van der Waals surface area contributed by atoms with Crippen molar-refractivity contribution in [2.45, 2.75) is 26.8 Å². The van der Waals surface area contributed by atoms with Crippen LogP contribution in [0.15, 0.2) is 65.6 Å². The Kier molecular flexibility index (Phi) is 8.63. The lowest BCUT2D eigenvalue weighted by molar-refractivity contribution is -0.136. The van der Waals surface area contributed by atoms with Crippen LogP contribution in [0.1, 0.15) is 27.8 Å². The highest BCUT2D eigenvalue weighted by Gasteiger charge is 2.37. The lowest BCUT2D eigenvalue weighted by atomic mass is 10.00. The van der Waals surface area contributed by atoms with E-state index in [-0.39, 0.29) is 29.9 Å². The summed E-state index contributed by atoms with van der Waals surface area (Å²) in [7, 11) is 1.47. The van der Waals surface area contributed by atoms with E-state index in [1.165, 1.54) is 12.7 Å². The first-order chi connectivity index (χ1) is 20.2. The minimum atomic E-state index is -0.516. The molecule has 4 amide bonds. The summed E-state index contributed by atoms with van der Waals surface area (Å²) in [6, 6.07) is 18.6. The quantitative estimate of drug-likeness (QED) is 0.373. The zero-order valence-corrected chi connectivity index (χ0v) is 24.5.